The number of esters is 1. The van der Waals surface area contributed by atoms with Crippen molar-refractivity contribution in [2.75, 3.05) is 21.0 Å². The molecule has 1 aromatic rings. The molecule has 0 aliphatic heterocycles. The average molecular weight is 298 g/mol. The molecule has 9 heteroatoms. The van der Waals surface area contributed by atoms with E-state index >= 15 is 0 Å². The Balaban J connectivity index is 3.20. The summed E-state index contributed by atoms with van der Waals surface area (Å²) in [7, 11) is 2.52. The van der Waals surface area contributed by atoms with Crippen LogP contribution in [0.2, 0.25) is 0 Å². The standard InChI is InChI=1S/C12H14N2O7/c1-7(15)21-6-13-12(16)10-8(19-2)4-5-9(20-3)11(10)14(17)18/h4-5H,6H2,1-3H3,(H,13,16). The Bertz CT molecular complexity index is 571. The minimum absolute atomic E-state index is 0.00262. The molecule has 114 valence electrons. The van der Waals surface area contributed by atoms with Gasteiger partial charge in [-0.2, -0.15) is 0 Å². The summed E-state index contributed by atoms with van der Waals surface area (Å²) in [5.74, 6) is -1.50. The van der Waals surface area contributed by atoms with E-state index in [0.717, 1.165) is 0 Å². The highest BCUT2D eigenvalue weighted by Gasteiger charge is 2.30. The molecule has 0 aromatic heterocycles. The summed E-state index contributed by atoms with van der Waals surface area (Å²) in [5, 5.41) is 13.4. The van der Waals surface area contributed by atoms with E-state index in [1.165, 1.54) is 33.3 Å². The molecule has 1 aromatic carbocycles. The molecule has 0 bridgehead atoms. The zero-order valence-electron chi connectivity index (χ0n) is 11.7. The van der Waals surface area contributed by atoms with Gasteiger partial charge in [-0.05, 0) is 12.1 Å². The molecule has 0 spiro atoms. The fourth-order valence-corrected chi connectivity index (χ4v) is 1.58. The van der Waals surface area contributed by atoms with Gasteiger partial charge in [0, 0.05) is 6.92 Å². The Labute approximate surface area is 119 Å². The van der Waals surface area contributed by atoms with E-state index < -0.39 is 29.2 Å². The molecule has 0 radical (unpaired) electrons. The number of nitrogens with one attached hydrogen (secondary N) is 1. The average Bonchev–Trinajstić information content (AvgIpc) is 2.44. The quantitative estimate of drug-likeness (QED) is 0.358. The molecule has 0 unspecified atom stereocenters. The van der Waals surface area contributed by atoms with Gasteiger partial charge in [0.2, 0.25) is 0 Å². The van der Waals surface area contributed by atoms with Crippen LogP contribution in [0.25, 0.3) is 0 Å². The predicted molar refractivity (Wildman–Crippen MR) is 70.3 cm³/mol. The van der Waals surface area contributed by atoms with Crippen LogP contribution in [0.4, 0.5) is 5.69 Å². The maximum atomic E-state index is 12.1. The SMILES string of the molecule is COc1ccc(OC)c([N+](=O)[O-])c1C(=O)NCOC(C)=O. The van der Waals surface area contributed by atoms with E-state index in [4.69, 9.17) is 9.47 Å². The van der Waals surface area contributed by atoms with Crippen molar-refractivity contribution in [3.8, 4) is 11.5 Å². The molecule has 0 saturated carbocycles. The number of benzene rings is 1. The minimum atomic E-state index is -0.821. The Kier molecular flexibility index (Phi) is 5.47. The van der Waals surface area contributed by atoms with Crippen LogP contribution in [-0.2, 0) is 9.53 Å². The van der Waals surface area contributed by atoms with Gasteiger partial charge in [-0.15, -0.1) is 0 Å². The molecule has 21 heavy (non-hydrogen) atoms. The third-order valence-corrected chi connectivity index (χ3v) is 2.46. The van der Waals surface area contributed by atoms with Gasteiger partial charge in [0.05, 0.1) is 19.1 Å². The van der Waals surface area contributed by atoms with Crippen molar-refractivity contribution in [1.82, 2.24) is 5.32 Å². The first kappa shape index (κ1) is 16.2. The number of carbonyl (C=O) groups excluding carboxylic acids is 2. The van der Waals surface area contributed by atoms with Crippen LogP contribution >= 0.6 is 0 Å². The molecule has 9 nitrogen and oxygen atoms in total. The second-order valence-corrected chi connectivity index (χ2v) is 3.74. The molecule has 0 aliphatic carbocycles. The molecule has 1 amide bonds. The number of nitro groups is 1. The number of carbonyl (C=O) groups is 2. The third-order valence-electron chi connectivity index (χ3n) is 2.46. The first-order valence-electron chi connectivity index (χ1n) is 5.73. The zero-order chi connectivity index (χ0) is 16.0. The van der Waals surface area contributed by atoms with E-state index in [2.05, 4.69) is 10.1 Å². The second-order valence-electron chi connectivity index (χ2n) is 3.74. The highest BCUT2D eigenvalue weighted by Crippen LogP contribution is 2.36. The lowest BCUT2D eigenvalue weighted by Crippen LogP contribution is -2.28. The van der Waals surface area contributed by atoms with Crippen molar-refractivity contribution in [3.05, 3.63) is 27.8 Å². The maximum absolute atomic E-state index is 12.1. The van der Waals surface area contributed by atoms with Crippen LogP contribution in [0.15, 0.2) is 12.1 Å². The summed E-state index contributed by atoms with van der Waals surface area (Å²) >= 11 is 0. The topological polar surface area (TPSA) is 117 Å². The van der Waals surface area contributed by atoms with Crippen LogP contribution in [0.5, 0.6) is 11.5 Å². The highest BCUT2D eigenvalue weighted by molar-refractivity contribution is 6.02. The van der Waals surface area contributed by atoms with E-state index in [0.29, 0.717) is 0 Å². The first-order chi connectivity index (χ1) is 9.92. The van der Waals surface area contributed by atoms with E-state index in [1.807, 2.05) is 0 Å². The van der Waals surface area contributed by atoms with Crippen molar-refractivity contribution in [2.45, 2.75) is 6.92 Å². The lowest BCUT2D eigenvalue weighted by molar-refractivity contribution is -0.386. The Morgan fingerprint density at radius 3 is 2.29 bits per heavy atom. The van der Waals surface area contributed by atoms with Gasteiger partial charge < -0.3 is 19.5 Å². The lowest BCUT2D eigenvalue weighted by atomic mass is 10.1. The summed E-state index contributed by atoms with van der Waals surface area (Å²) in [4.78, 5) is 33.1. The summed E-state index contributed by atoms with van der Waals surface area (Å²) in [5.41, 5.74) is -0.842. The largest absolute Gasteiger partial charge is 0.496 e. The predicted octanol–water partition coefficient (Wildman–Crippen LogP) is 0.862. The van der Waals surface area contributed by atoms with Gasteiger partial charge in [0.15, 0.2) is 18.0 Å². The summed E-state index contributed by atoms with van der Waals surface area (Å²) in [6.45, 7) is 0.756. The van der Waals surface area contributed by atoms with Gasteiger partial charge in [-0.3, -0.25) is 19.7 Å². The monoisotopic (exact) mass is 298 g/mol. The van der Waals surface area contributed by atoms with Crippen molar-refractivity contribution in [1.29, 1.82) is 0 Å². The van der Waals surface area contributed by atoms with E-state index in [-0.39, 0.29) is 17.1 Å². The maximum Gasteiger partial charge on any atom is 0.327 e. The number of nitrogens with zero attached hydrogens (tertiary/aromatic N) is 1. The van der Waals surface area contributed by atoms with E-state index in [9.17, 15) is 19.7 Å². The molecule has 0 aliphatic rings. The fraction of sp³-hybridized carbons (Fsp3) is 0.333. The zero-order valence-corrected chi connectivity index (χ0v) is 11.7. The Hall–Kier alpha value is -2.84. The number of ether oxygens (including phenoxy) is 3. The second kappa shape index (κ2) is 7.08. The van der Waals surface area contributed by atoms with Crippen molar-refractivity contribution in [3.63, 3.8) is 0 Å². The smallest absolute Gasteiger partial charge is 0.327 e. The summed E-state index contributed by atoms with van der Waals surface area (Å²) in [6.07, 6.45) is 0. The van der Waals surface area contributed by atoms with Crippen LogP contribution in [0.3, 0.4) is 0 Å². The van der Waals surface area contributed by atoms with Crippen LogP contribution in [0, 0.1) is 10.1 Å². The highest BCUT2D eigenvalue weighted by atomic mass is 16.6. The van der Waals surface area contributed by atoms with E-state index in [1.54, 1.807) is 0 Å². The van der Waals surface area contributed by atoms with Crippen molar-refractivity contribution in [2.24, 2.45) is 0 Å². The van der Waals surface area contributed by atoms with Gasteiger partial charge in [-0.1, -0.05) is 0 Å². The van der Waals surface area contributed by atoms with Crippen LogP contribution in [0.1, 0.15) is 17.3 Å². The van der Waals surface area contributed by atoms with Crippen molar-refractivity contribution >= 4 is 17.6 Å². The number of amides is 1. The molecular formula is C12H14N2O7. The molecular weight excluding hydrogens is 284 g/mol. The molecule has 0 saturated heterocycles. The van der Waals surface area contributed by atoms with Crippen molar-refractivity contribution < 1.29 is 28.7 Å². The Morgan fingerprint density at radius 1 is 1.24 bits per heavy atom. The summed E-state index contributed by atoms with van der Waals surface area (Å²) < 4.78 is 14.4. The van der Waals surface area contributed by atoms with Gasteiger partial charge in [-0.25, -0.2) is 0 Å². The molecule has 0 heterocycles. The number of hydrogen-bond acceptors (Lipinski definition) is 7. The molecule has 0 fully saturated rings. The summed E-state index contributed by atoms with van der Waals surface area (Å²) in [6, 6.07) is 2.69. The number of nitro benzene ring substituents is 1. The first-order valence-corrected chi connectivity index (χ1v) is 5.73. The Morgan fingerprint density at radius 2 is 1.81 bits per heavy atom. The van der Waals surface area contributed by atoms with Gasteiger partial charge in [0.25, 0.3) is 5.91 Å². The minimum Gasteiger partial charge on any atom is -0.496 e. The van der Waals surface area contributed by atoms with Crippen LogP contribution in [-0.4, -0.2) is 37.8 Å². The van der Waals surface area contributed by atoms with Crippen LogP contribution < -0.4 is 14.8 Å². The lowest BCUT2D eigenvalue weighted by Gasteiger charge is -2.11. The third kappa shape index (κ3) is 3.81. The number of methoxy groups -OCH3 is 2. The number of hydrogen-bond donors (Lipinski definition) is 1. The molecule has 1 rings (SSSR count). The van der Waals surface area contributed by atoms with Gasteiger partial charge >= 0.3 is 11.7 Å². The molecule has 0 atom stereocenters. The fourth-order valence-electron chi connectivity index (χ4n) is 1.58. The molecule has 1 N–H and O–H groups in total. The van der Waals surface area contributed by atoms with Gasteiger partial charge in [0.1, 0.15) is 5.75 Å². The number of rotatable bonds is 6. The normalized spacial score (nSPS) is 9.67.